The lowest BCUT2D eigenvalue weighted by molar-refractivity contribution is -0.121. The fourth-order valence-corrected chi connectivity index (χ4v) is 3.17. The first-order chi connectivity index (χ1) is 15.8. The van der Waals surface area contributed by atoms with E-state index in [2.05, 4.69) is 22.3 Å². The van der Waals surface area contributed by atoms with Gasteiger partial charge in [0.1, 0.15) is 17.3 Å². The molecule has 33 heavy (non-hydrogen) atoms. The van der Waals surface area contributed by atoms with E-state index in [0.717, 1.165) is 30.4 Å². The highest BCUT2D eigenvalue weighted by molar-refractivity contribution is 5.93. The number of nitrogens with zero attached hydrogens (tertiary/aromatic N) is 2. The molecule has 1 aliphatic carbocycles. The Hall–Kier alpha value is -4.21. The van der Waals surface area contributed by atoms with Crippen LogP contribution in [0.2, 0.25) is 0 Å². The number of methoxy groups -OCH3 is 1. The van der Waals surface area contributed by atoms with E-state index in [-0.39, 0.29) is 29.0 Å². The summed E-state index contributed by atoms with van der Waals surface area (Å²) in [4.78, 5) is 23.8. The Bertz CT molecular complexity index is 1110. The summed E-state index contributed by atoms with van der Waals surface area (Å²) in [6.45, 7) is 4.44. The number of benzene rings is 1. The fourth-order valence-electron chi connectivity index (χ4n) is 3.17. The molecule has 1 saturated carbocycles. The molecule has 1 aromatic carbocycles. The molecule has 1 heterocycles. The molecule has 1 fully saturated rings. The Balaban J connectivity index is 1.92. The summed E-state index contributed by atoms with van der Waals surface area (Å²) in [5.74, 6) is -0.501. The van der Waals surface area contributed by atoms with Crippen molar-refractivity contribution < 1.29 is 14.3 Å². The van der Waals surface area contributed by atoms with Gasteiger partial charge in [-0.1, -0.05) is 18.2 Å². The predicted octanol–water partition coefficient (Wildman–Crippen LogP) is 1.53. The molecule has 1 aromatic heterocycles. The SMILES string of the molecule is C=CCCn1cc(-c2cccc(NC(/C=C(\N)NC(=O)C3CC3)=C(/N)C(N)=O)c2OC)cn1. The van der Waals surface area contributed by atoms with Crippen molar-refractivity contribution >= 4 is 17.5 Å². The number of rotatable bonds is 11. The van der Waals surface area contributed by atoms with Crippen molar-refractivity contribution in [2.45, 2.75) is 25.8 Å². The smallest absolute Gasteiger partial charge is 0.266 e. The molecule has 0 atom stereocenters. The van der Waals surface area contributed by atoms with Crippen molar-refractivity contribution in [3.63, 3.8) is 0 Å². The van der Waals surface area contributed by atoms with Crippen LogP contribution in [0.25, 0.3) is 11.1 Å². The van der Waals surface area contributed by atoms with Gasteiger partial charge in [0, 0.05) is 35.9 Å². The molecule has 0 unspecified atom stereocenters. The summed E-state index contributed by atoms with van der Waals surface area (Å²) >= 11 is 0. The molecule has 0 radical (unpaired) electrons. The van der Waals surface area contributed by atoms with E-state index in [1.165, 1.54) is 13.2 Å². The van der Waals surface area contributed by atoms with Gasteiger partial charge in [0.05, 0.1) is 24.7 Å². The molecule has 0 saturated heterocycles. The van der Waals surface area contributed by atoms with Crippen LogP contribution in [0, 0.1) is 5.92 Å². The summed E-state index contributed by atoms with van der Waals surface area (Å²) in [6.07, 6.45) is 9.30. The second-order valence-electron chi connectivity index (χ2n) is 7.64. The maximum Gasteiger partial charge on any atom is 0.266 e. The maximum absolute atomic E-state index is 12.0. The van der Waals surface area contributed by atoms with Gasteiger partial charge in [-0.2, -0.15) is 5.10 Å². The lowest BCUT2D eigenvalue weighted by atomic mass is 10.1. The number of ether oxygens (including phenoxy) is 1. The zero-order valence-electron chi connectivity index (χ0n) is 18.5. The topological polar surface area (TPSA) is 163 Å². The first kappa shape index (κ1) is 23.5. The van der Waals surface area contributed by atoms with Crippen LogP contribution in [0.4, 0.5) is 5.69 Å². The van der Waals surface area contributed by atoms with Crippen LogP contribution in [0.15, 0.2) is 66.5 Å². The largest absolute Gasteiger partial charge is 0.494 e. The van der Waals surface area contributed by atoms with E-state index in [9.17, 15) is 9.59 Å². The third kappa shape index (κ3) is 5.94. The number of nitrogens with one attached hydrogen (secondary N) is 2. The predicted molar refractivity (Wildman–Crippen MR) is 126 cm³/mol. The standard InChI is InChI=1S/C23H29N7O3/c1-3-4-10-30-13-15(12-27-30)16-6-5-7-17(21(16)33-2)28-18(20(25)22(26)31)11-19(24)29-23(32)14-8-9-14/h3,5-7,11-14,28H,1,4,8-10,24-25H2,2H3,(H2,26,31)(H,29,32)/b19-11+,20-18+. The monoisotopic (exact) mass is 451 g/mol. The molecule has 10 heteroatoms. The second kappa shape index (κ2) is 10.4. The van der Waals surface area contributed by atoms with Crippen LogP contribution in [0.5, 0.6) is 5.75 Å². The number of anilines is 1. The molecular formula is C23H29N7O3. The Morgan fingerprint density at radius 3 is 2.70 bits per heavy atom. The van der Waals surface area contributed by atoms with E-state index in [1.54, 1.807) is 12.3 Å². The van der Waals surface area contributed by atoms with E-state index in [1.807, 2.05) is 29.1 Å². The summed E-state index contributed by atoms with van der Waals surface area (Å²) in [5.41, 5.74) is 19.3. The highest BCUT2D eigenvalue weighted by Gasteiger charge is 2.29. The normalized spacial score (nSPS) is 14.3. The van der Waals surface area contributed by atoms with Gasteiger partial charge in [-0.3, -0.25) is 14.3 Å². The molecule has 1 aliphatic rings. The van der Waals surface area contributed by atoms with Gasteiger partial charge in [-0.25, -0.2) is 0 Å². The summed E-state index contributed by atoms with van der Waals surface area (Å²) in [6, 6.07) is 5.46. The average Bonchev–Trinajstić information content (AvgIpc) is 3.54. The molecule has 2 amide bonds. The second-order valence-corrected chi connectivity index (χ2v) is 7.64. The zero-order valence-corrected chi connectivity index (χ0v) is 18.5. The van der Waals surface area contributed by atoms with Crippen molar-refractivity contribution in [3.8, 4) is 16.9 Å². The average molecular weight is 452 g/mol. The van der Waals surface area contributed by atoms with Crippen LogP contribution in [0.3, 0.4) is 0 Å². The number of nitrogens with two attached hydrogens (primary N) is 3. The molecule has 2 aromatic rings. The van der Waals surface area contributed by atoms with Crippen LogP contribution < -0.4 is 32.6 Å². The number of allylic oxidation sites excluding steroid dienone is 2. The minimum atomic E-state index is -0.839. The summed E-state index contributed by atoms with van der Waals surface area (Å²) in [5, 5.41) is 10.0. The first-order valence-corrected chi connectivity index (χ1v) is 10.5. The number of hydrogen-bond acceptors (Lipinski definition) is 7. The number of aromatic nitrogens is 2. The van der Waals surface area contributed by atoms with E-state index in [4.69, 9.17) is 21.9 Å². The fraction of sp³-hybridized carbons (Fsp3) is 0.261. The molecule has 3 rings (SSSR count). The number of amides is 2. The third-order valence-electron chi connectivity index (χ3n) is 5.07. The van der Waals surface area contributed by atoms with Gasteiger partial charge in [0.15, 0.2) is 0 Å². The lowest BCUT2D eigenvalue weighted by Crippen LogP contribution is -2.30. The van der Waals surface area contributed by atoms with Gasteiger partial charge >= 0.3 is 0 Å². The van der Waals surface area contributed by atoms with Crippen LogP contribution in [-0.4, -0.2) is 28.7 Å². The molecular weight excluding hydrogens is 422 g/mol. The first-order valence-electron chi connectivity index (χ1n) is 10.5. The quantitative estimate of drug-likeness (QED) is 0.196. The number of para-hydroxylation sites is 1. The van der Waals surface area contributed by atoms with Gasteiger partial charge in [0.25, 0.3) is 5.91 Å². The number of carbonyl (C=O) groups is 2. The summed E-state index contributed by atoms with van der Waals surface area (Å²) < 4.78 is 7.47. The Morgan fingerprint density at radius 2 is 2.06 bits per heavy atom. The zero-order chi connectivity index (χ0) is 24.0. The van der Waals surface area contributed by atoms with Gasteiger partial charge in [-0.05, 0) is 25.3 Å². The number of primary amides is 1. The van der Waals surface area contributed by atoms with E-state index >= 15 is 0 Å². The molecule has 174 valence electrons. The van der Waals surface area contributed by atoms with Gasteiger partial charge in [0.2, 0.25) is 5.91 Å². The van der Waals surface area contributed by atoms with E-state index in [0.29, 0.717) is 18.0 Å². The van der Waals surface area contributed by atoms with Crippen molar-refractivity contribution in [2.75, 3.05) is 12.4 Å². The molecule has 0 bridgehead atoms. The van der Waals surface area contributed by atoms with Crippen LogP contribution in [0.1, 0.15) is 19.3 Å². The molecule has 8 N–H and O–H groups in total. The van der Waals surface area contributed by atoms with Crippen LogP contribution in [-0.2, 0) is 16.1 Å². The minimum absolute atomic E-state index is 0.0324. The minimum Gasteiger partial charge on any atom is -0.494 e. The number of aryl methyl sites for hydroxylation is 1. The maximum atomic E-state index is 12.0. The van der Waals surface area contributed by atoms with Crippen molar-refractivity contribution in [2.24, 2.45) is 23.1 Å². The Morgan fingerprint density at radius 1 is 1.30 bits per heavy atom. The van der Waals surface area contributed by atoms with Crippen molar-refractivity contribution in [3.05, 3.63) is 66.5 Å². The lowest BCUT2D eigenvalue weighted by Gasteiger charge is -2.16. The molecule has 0 aliphatic heterocycles. The van der Waals surface area contributed by atoms with Crippen LogP contribution >= 0.6 is 0 Å². The number of hydrogen-bond donors (Lipinski definition) is 5. The third-order valence-corrected chi connectivity index (χ3v) is 5.07. The van der Waals surface area contributed by atoms with Crippen molar-refractivity contribution in [1.82, 2.24) is 15.1 Å². The van der Waals surface area contributed by atoms with Gasteiger partial charge < -0.3 is 32.6 Å². The molecule has 10 nitrogen and oxygen atoms in total. The highest BCUT2D eigenvalue weighted by atomic mass is 16.5. The Kier molecular flexibility index (Phi) is 7.39. The summed E-state index contributed by atoms with van der Waals surface area (Å²) in [7, 11) is 1.53. The number of carbonyl (C=O) groups excluding carboxylic acids is 2. The molecule has 0 spiro atoms. The van der Waals surface area contributed by atoms with Crippen molar-refractivity contribution in [1.29, 1.82) is 0 Å². The van der Waals surface area contributed by atoms with Gasteiger partial charge in [-0.15, -0.1) is 6.58 Å². The highest BCUT2D eigenvalue weighted by Crippen LogP contribution is 2.37. The van der Waals surface area contributed by atoms with E-state index < -0.39 is 5.91 Å². The Labute approximate surface area is 192 Å².